The van der Waals surface area contributed by atoms with E-state index in [-0.39, 0.29) is 0 Å². The van der Waals surface area contributed by atoms with Crippen molar-refractivity contribution in [1.29, 1.82) is 10.8 Å². The molecule has 0 aromatic heterocycles. The summed E-state index contributed by atoms with van der Waals surface area (Å²) in [4.78, 5) is 0. The van der Waals surface area contributed by atoms with Crippen molar-refractivity contribution < 1.29 is 0 Å². The van der Waals surface area contributed by atoms with Crippen molar-refractivity contribution in [3.63, 3.8) is 0 Å². The summed E-state index contributed by atoms with van der Waals surface area (Å²) in [6, 6.07) is 0. The monoisotopic (exact) mass is 186 g/mol. The fourth-order valence-corrected chi connectivity index (χ4v) is 1.31. The molecule has 0 spiro atoms. The fourth-order valence-electron chi connectivity index (χ4n) is 1.31. The van der Waals surface area contributed by atoms with Crippen molar-refractivity contribution in [2.45, 2.75) is 13.8 Å². The van der Waals surface area contributed by atoms with Gasteiger partial charge in [0.2, 0.25) is 0 Å². The summed E-state index contributed by atoms with van der Waals surface area (Å²) in [7, 11) is 0. The lowest BCUT2D eigenvalue weighted by Gasteiger charge is -2.10. The maximum absolute atomic E-state index is 7.61. The SMILES string of the molecule is C/C=C1C=C(/C(C=N)=C/C)C=CC/1=N. The highest BCUT2D eigenvalue weighted by Gasteiger charge is 2.07. The van der Waals surface area contributed by atoms with Crippen LogP contribution in [0.25, 0.3) is 0 Å². The molecular formula is C12H14N2. The van der Waals surface area contributed by atoms with Crippen LogP contribution >= 0.6 is 0 Å². The summed E-state index contributed by atoms with van der Waals surface area (Å²) in [5.41, 5.74) is 3.31. The molecule has 0 saturated carbocycles. The van der Waals surface area contributed by atoms with Crippen LogP contribution in [0.4, 0.5) is 0 Å². The highest BCUT2D eigenvalue weighted by atomic mass is 14.4. The molecule has 2 N–H and O–H groups in total. The highest BCUT2D eigenvalue weighted by molar-refractivity contribution is 6.10. The lowest BCUT2D eigenvalue weighted by Crippen LogP contribution is -2.02. The van der Waals surface area contributed by atoms with Gasteiger partial charge in [-0.1, -0.05) is 18.2 Å². The van der Waals surface area contributed by atoms with Crippen molar-refractivity contribution in [1.82, 2.24) is 0 Å². The minimum Gasteiger partial charge on any atom is -0.308 e. The number of nitrogens with one attached hydrogen (secondary N) is 2. The zero-order valence-electron chi connectivity index (χ0n) is 8.46. The Kier molecular flexibility index (Phi) is 3.35. The molecule has 0 radical (unpaired) electrons. The van der Waals surface area contributed by atoms with Gasteiger partial charge < -0.3 is 10.8 Å². The molecule has 0 amide bonds. The first-order chi connectivity index (χ1) is 6.72. The first-order valence-electron chi connectivity index (χ1n) is 4.55. The van der Waals surface area contributed by atoms with Gasteiger partial charge in [0.25, 0.3) is 0 Å². The van der Waals surface area contributed by atoms with E-state index in [0.717, 1.165) is 16.7 Å². The summed E-state index contributed by atoms with van der Waals surface area (Å²) >= 11 is 0. The van der Waals surface area contributed by atoms with E-state index < -0.39 is 0 Å². The molecule has 2 nitrogen and oxygen atoms in total. The van der Waals surface area contributed by atoms with Crippen LogP contribution in [0, 0.1) is 10.8 Å². The van der Waals surface area contributed by atoms with Crippen molar-refractivity contribution in [3.05, 3.63) is 47.1 Å². The normalized spacial score (nSPS) is 19.9. The van der Waals surface area contributed by atoms with Gasteiger partial charge in [-0.05, 0) is 42.7 Å². The Morgan fingerprint density at radius 2 is 2.00 bits per heavy atom. The van der Waals surface area contributed by atoms with E-state index in [1.165, 1.54) is 6.21 Å². The predicted octanol–water partition coefficient (Wildman–Crippen LogP) is 3.04. The molecule has 0 bridgehead atoms. The topological polar surface area (TPSA) is 47.7 Å². The first-order valence-corrected chi connectivity index (χ1v) is 4.55. The molecule has 1 aliphatic carbocycles. The van der Waals surface area contributed by atoms with E-state index in [9.17, 15) is 0 Å². The Morgan fingerprint density at radius 1 is 1.29 bits per heavy atom. The van der Waals surface area contributed by atoms with Gasteiger partial charge in [-0.25, -0.2) is 0 Å². The van der Waals surface area contributed by atoms with Crippen LogP contribution in [0.5, 0.6) is 0 Å². The molecule has 14 heavy (non-hydrogen) atoms. The number of rotatable bonds is 2. The molecule has 0 aliphatic heterocycles. The molecule has 0 heterocycles. The van der Waals surface area contributed by atoms with Crippen LogP contribution in [0.3, 0.4) is 0 Å². The number of allylic oxidation sites excluding steroid dienone is 8. The standard InChI is InChI=1S/C12H14N2/c1-3-9-7-11(5-6-12(9)14)10(4-2)8-13/h3-8,13-14H,1-2H3/b9-3-,10-4+,13-8?,14-12?. The van der Waals surface area contributed by atoms with Crippen LogP contribution in [0.2, 0.25) is 0 Å². The molecule has 0 aromatic carbocycles. The van der Waals surface area contributed by atoms with Gasteiger partial charge >= 0.3 is 0 Å². The molecular weight excluding hydrogens is 172 g/mol. The van der Waals surface area contributed by atoms with Gasteiger partial charge in [0.1, 0.15) is 0 Å². The van der Waals surface area contributed by atoms with E-state index in [1.54, 1.807) is 6.08 Å². The Morgan fingerprint density at radius 3 is 2.50 bits per heavy atom. The summed E-state index contributed by atoms with van der Waals surface area (Å²) in [5, 5.41) is 14.8. The summed E-state index contributed by atoms with van der Waals surface area (Å²) in [5.74, 6) is 0. The average molecular weight is 186 g/mol. The minimum atomic E-state index is 0.525. The van der Waals surface area contributed by atoms with E-state index in [1.807, 2.05) is 38.2 Å². The van der Waals surface area contributed by atoms with Gasteiger partial charge in [-0.2, -0.15) is 0 Å². The molecule has 72 valence electrons. The lowest BCUT2D eigenvalue weighted by atomic mass is 9.95. The zero-order chi connectivity index (χ0) is 10.6. The van der Waals surface area contributed by atoms with Gasteiger partial charge in [0.15, 0.2) is 0 Å². The quantitative estimate of drug-likeness (QED) is 0.623. The van der Waals surface area contributed by atoms with Crippen molar-refractivity contribution in [2.75, 3.05) is 0 Å². The van der Waals surface area contributed by atoms with Crippen LogP contribution in [-0.2, 0) is 0 Å². The van der Waals surface area contributed by atoms with Crippen LogP contribution < -0.4 is 0 Å². The molecule has 1 aliphatic rings. The first kappa shape index (κ1) is 10.4. The maximum Gasteiger partial charge on any atom is 0.0609 e. The second-order valence-electron chi connectivity index (χ2n) is 2.98. The average Bonchev–Trinajstić information content (AvgIpc) is 2.22. The second kappa shape index (κ2) is 4.51. The zero-order valence-corrected chi connectivity index (χ0v) is 8.46. The Hall–Kier alpha value is -1.70. The molecule has 2 heteroatoms. The maximum atomic E-state index is 7.61. The molecule has 0 saturated heterocycles. The lowest BCUT2D eigenvalue weighted by molar-refractivity contribution is 1.43. The molecule has 0 aromatic rings. The summed E-state index contributed by atoms with van der Waals surface area (Å²) < 4.78 is 0. The van der Waals surface area contributed by atoms with E-state index >= 15 is 0 Å². The van der Waals surface area contributed by atoms with Gasteiger partial charge in [-0.3, -0.25) is 0 Å². The van der Waals surface area contributed by atoms with Gasteiger partial charge in [0.05, 0.1) is 5.71 Å². The number of hydrogen-bond acceptors (Lipinski definition) is 2. The van der Waals surface area contributed by atoms with E-state index in [0.29, 0.717) is 5.71 Å². The Bertz CT molecular complexity index is 373. The van der Waals surface area contributed by atoms with E-state index in [4.69, 9.17) is 10.8 Å². The largest absolute Gasteiger partial charge is 0.308 e. The smallest absolute Gasteiger partial charge is 0.0609 e. The summed E-state index contributed by atoms with van der Waals surface area (Å²) in [6.45, 7) is 3.82. The third-order valence-corrected chi connectivity index (χ3v) is 2.16. The van der Waals surface area contributed by atoms with Gasteiger partial charge in [0, 0.05) is 6.21 Å². The molecule has 1 rings (SSSR count). The Labute approximate surface area is 84.4 Å². The predicted molar refractivity (Wildman–Crippen MR) is 61.2 cm³/mol. The van der Waals surface area contributed by atoms with Gasteiger partial charge in [-0.15, -0.1) is 0 Å². The Balaban J connectivity index is 3.10. The van der Waals surface area contributed by atoms with E-state index in [2.05, 4.69) is 0 Å². The third kappa shape index (κ3) is 1.96. The minimum absolute atomic E-state index is 0.525. The van der Waals surface area contributed by atoms with Crippen molar-refractivity contribution in [3.8, 4) is 0 Å². The highest BCUT2D eigenvalue weighted by Crippen LogP contribution is 2.18. The number of hydrogen-bond donors (Lipinski definition) is 2. The van der Waals surface area contributed by atoms with Crippen LogP contribution in [-0.4, -0.2) is 11.9 Å². The van der Waals surface area contributed by atoms with Crippen molar-refractivity contribution in [2.24, 2.45) is 0 Å². The second-order valence-corrected chi connectivity index (χ2v) is 2.98. The van der Waals surface area contributed by atoms with Crippen LogP contribution in [0.1, 0.15) is 13.8 Å². The fraction of sp³-hybridized carbons (Fsp3) is 0.167. The summed E-state index contributed by atoms with van der Waals surface area (Å²) in [6.07, 6.45) is 10.7. The third-order valence-electron chi connectivity index (χ3n) is 2.16. The van der Waals surface area contributed by atoms with Crippen molar-refractivity contribution >= 4 is 11.9 Å². The molecule has 0 atom stereocenters. The molecule has 0 fully saturated rings. The molecule has 0 unspecified atom stereocenters. The van der Waals surface area contributed by atoms with Crippen LogP contribution in [0.15, 0.2) is 47.1 Å².